The Kier molecular flexibility index (Phi) is 2.31. The molecule has 4 heteroatoms. The highest BCUT2D eigenvalue weighted by molar-refractivity contribution is 5.70. The van der Waals surface area contributed by atoms with E-state index in [9.17, 15) is 9.32 Å². The van der Waals surface area contributed by atoms with E-state index in [0.29, 0.717) is 0 Å². The quantitative estimate of drug-likeness (QED) is 0.469. The van der Waals surface area contributed by atoms with Gasteiger partial charge in [-0.15, -0.1) is 0 Å². The smallest absolute Gasteiger partial charge is 0.321 e. The predicted octanol–water partition coefficient (Wildman–Crippen LogP) is -0.627. The van der Waals surface area contributed by atoms with Gasteiger partial charge in [0.15, 0.2) is 0 Å². The van der Waals surface area contributed by atoms with Gasteiger partial charge in [-0.3, -0.25) is 4.94 Å². The van der Waals surface area contributed by atoms with Crippen LogP contribution in [0.5, 0.6) is 0 Å². The second-order valence-electron chi connectivity index (χ2n) is 0.653. The number of carbonyl (C=O) groups excluding carboxylic acids is 1. The first-order valence-corrected chi connectivity index (χ1v) is 1.32. The molecule has 0 fully saturated rings. The molecule has 0 aromatic carbocycles. The van der Waals surface area contributed by atoms with Crippen LogP contribution in [0.2, 0.25) is 0 Å². The van der Waals surface area contributed by atoms with E-state index >= 15 is 0 Å². The van der Waals surface area contributed by atoms with Gasteiger partial charge in [-0.25, -0.2) is 4.79 Å². The minimum absolute atomic E-state index is 0.406. The lowest BCUT2D eigenvalue weighted by molar-refractivity contribution is -0.181. The average molecular weight is 93.1 g/mol. The molecule has 36 valence electrons. The van der Waals surface area contributed by atoms with Crippen LogP contribution in [-0.2, 0) is 9.74 Å². The fourth-order valence-electron chi connectivity index (χ4n) is 0.0315. The first-order chi connectivity index (χ1) is 2.81. The molecule has 0 heterocycles. The molecule has 2 N–H and O–H groups in total. The molecule has 0 rings (SSSR count). The van der Waals surface area contributed by atoms with Crippen molar-refractivity contribution in [3.63, 3.8) is 0 Å². The summed E-state index contributed by atoms with van der Waals surface area (Å²) in [7, 11) is 0. The molecule has 0 radical (unpaired) electrons. The van der Waals surface area contributed by atoms with E-state index in [4.69, 9.17) is 0 Å². The molecule has 0 amide bonds. The summed E-state index contributed by atoms with van der Waals surface area (Å²) in [6.45, 7) is -0.406. The molecule has 0 saturated carbocycles. The highest BCUT2D eigenvalue weighted by Gasteiger charge is 1.92. The maximum atomic E-state index is 10.5. The summed E-state index contributed by atoms with van der Waals surface area (Å²) in [6, 6.07) is 0. The Bertz CT molecular complexity index is 49.5. The number of hydrogen-bond donors (Lipinski definition) is 1. The van der Waals surface area contributed by atoms with Crippen molar-refractivity contribution in [3.8, 4) is 0 Å². The molecule has 0 aliphatic rings. The Hall–Kier alpha value is -0.640. The zero-order chi connectivity index (χ0) is 4.99. The van der Waals surface area contributed by atoms with Gasteiger partial charge in [-0.05, 0) is 0 Å². The van der Waals surface area contributed by atoms with E-state index < -0.39 is 12.5 Å². The summed E-state index contributed by atoms with van der Waals surface area (Å²) in [5.74, 6) is -1.05. The van der Waals surface area contributed by atoms with E-state index in [-0.39, 0.29) is 0 Å². The maximum Gasteiger partial charge on any atom is 0.362 e. The third kappa shape index (κ3) is 1.66. The van der Waals surface area contributed by atoms with Crippen molar-refractivity contribution < 1.29 is 14.3 Å². The van der Waals surface area contributed by atoms with Gasteiger partial charge in [0.25, 0.3) is 0 Å². The van der Waals surface area contributed by atoms with E-state index in [1.54, 1.807) is 0 Å². The van der Waals surface area contributed by atoms with Crippen LogP contribution < -0.4 is 5.73 Å². The Labute approximate surface area is 33.8 Å². The van der Waals surface area contributed by atoms with Crippen LogP contribution in [0.15, 0.2) is 0 Å². The SMILES string of the molecule is NCC(=O)OF. The van der Waals surface area contributed by atoms with Crippen molar-refractivity contribution in [1.29, 1.82) is 0 Å². The molecule has 0 saturated heterocycles. The Morgan fingerprint density at radius 1 is 2.00 bits per heavy atom. The van der Waals surface area contributed by atoms with Crippen molar-refractivity contribution in [3.05, 3.63) is 0 Å². The van der Waals surface area contributed by atoms with Gasteiger partial charge in [0.1, 0.15) is 0 Å². The number of rotatable bonds is 1. The van der Waals surface area contributed by atoms with Gasteiger partial charge in [-0.2, -0.15) is 0 Å². The van der Waals surface area contributed by atoms with Crippen LogP contribution in [0.1, 0.15) is 0 Å². The largest absolute Gasteiger partial charge is 0.362 e. The van der Waals surface area contributed by atoms with Gasteiger partial charge < -0.3 is 5.73 Å². The van der Waals surface area contributed by atoms with Gasteiger partial charge >= 0.3 is 5.97 Å². The molecule has 0 aromatic rings. The third-order valence-electron chi connectivity index (χ3n) is 0.253. The maximum absolute atomic E-state index is 10.5. The van der Waals surface area contributed by atoms with E-state index in [2.05, 4.69) is 10.7 Å². The second kappa shape index (κ2) is 2.59. The molecular weight excluding hydrogens is 89.0 g/mol. The van der Waals surface area contributed by atoms with Crippen LogP contribution in [0.3, 0.4) is 0 Å². The van der Waals surface area contributed by atoms with E-state index in [0.717, 1.165) is 0 Å². The molecule has 0 aliphatic heterocycles. The van der Waals surface area contributed by atoms with Crippen molar-refractivity contribution in [2.45, 2.75) is 0 Å². The van der Waals surface area contributed by atoms with Crippen LogP contribution in [-0.4, -0.2) is 12.5 Å². The zero-order valence-corrected chi connectivity index (χ0v) is 2.98. The van der Waals surface area contributed by atoms with E-state index in [1.165, 1.54) is 0 Å². The summed E-state index contributed by atoms with van der Waals surface area (Å²) in [4.78, 5) is 12.1. The molecule has 3 nitrogen and oxygen atoms in total. The lowest BCUT2D eigenvalue weighted by atomic mass is 10.7. The van der Waals surface area contributed by atoms with E-state index in [1.807, 2.05) is 0 Å². The summed E-state index contributed by atoms with van der Waals surface area (Å²) in [6.07, 6.45) is 0. The molecule has 0 unspecified atom stereocenters. The zero-order valence-electron chi connectivity index (χ0n) is 2.98. The van der Waals surface area contributed by atoms with Gasteiger partial charge in [0.2, 0.25) is 0 Å². The molecule has 0 spiro atoms. The molecular formula is C2H4FNO2. The first kappa shape index (κ1) is 5.36. The lowest BCUT2D eigenvalue weighted by Gasteiger charge is -1.79. The van der Waals surface area contributed by atoms with Crippen molar-refractivity contribution in [2.24, 2.45) is 5.73 Å². The summed E-state index contributed by atoms with van der Waals surface area (Å²) in [5.41, 5.74) is 4.57. The summed E-state index contributed by atoms with van der Waals surface area (Å²) in [5, 5.41) is 0. The molecule has 0 aromatic heterocycles. The highest BCUT2D eigenvalue weighted by Crippen LogP contribution is 1.69. The Morgan fingerprint density at radius 3 is 2.50 bits per heavy atom. The normalized spacial score (nSPS) is 7.67. The fraction of sp³-hybridized carbons (Fsp3) is 0.500. The average Bonchev–Trinajstić information content (AvgIpc) is 1.65. The molecule has 0 aliphatic carbocycles. The van der Waals surface area contributed by atoms with Crippen molar-refractivity contribution in [1.82, 2.24) is 0 Å². The number of nitrogens with two attached hydrogens (primary N) is 1. The Balaban J connectivity index is 2.99. The van der Waals surface area contributed by atoms with Crippen LogP contribution in [0.25, 0.3) is 0 Å². The monoisotopic (exact) mass is 93.0 g/mol. The third-order valence-corrected chi connectivity index (χ3v) is 0.253. The van der Waals surface area contributed by atoms with Gasteiger partial charge in [-0.1, -0.05) is 0 Å². The first-order valence-electron chi connectivity index (χ1n) is 1.32. The Morgan fingerprint density at radius 2 is 2.50 bits per heavy atom. The summed E-state index contributed by atoms with van der Waals surface area (Å²) >= 11 is 0. The van der Waals surface area contributed by atoms with Gasteiger partial charge in [0, 0.05) is 4.53 Å². The summed E-state index contributed by atoms with van der Waals surface area (Å²) < 4.78 is 10.5. The predicted molar refractivity (Wildman–Crippen MR) is 16.3 cm³/mol. The van der Waals surface area contributed by atoms with Crippen LogP contribution in [0.4, 0.5) is 4.53 Å². The fourth-order valence-corrected chi connectivity index (χ4v) is 0.0315. The van der Waals surface area contributed by atoms with Crippen LogP contribution >= 0.6 is 0 Å². The molecule has 6 heavy (non-hydrogen) atoms. The molecule has 0 atom stereocenters. The number of halogens is 1. The second-order valence-corrected chi connectivity index (χ2v) is 0.653. The number of carbonyl (C=O) groups is 1. The van der Waals surface area contributed by atoms with Crippen LogP contribution in [0, 0.1) is 0 Å². The lowest BCUT2D eigenvalue weighted by Crippen LogP contribution is -2.12. The highest BCUT2D eigenvalue weighted by atomic mass is 19.3. The number of hydrogen-bond acceptors (Lipinski definition) is 3. The van der Waals surface area contributed by atoms with Crippen molar-refractivity contribution >= 4 is 5.97 Å². The van der Waals surface area contributed by atoms with Gasteiger partial charge in [0.05, 0.1) is 6.54 Å². The minimum atomic E-state index is -1.05. The topological polar surface area (TPSA) is 52.3 Å². The molecule has 0 bridgehead atoms. The van der Waals surface area contributed by atoms with Crippen molar-refractivity contribution in [2.75, 3.05) is 6.54 Å². The standard InChI is InChI=1S/C2H4FNO2/c3-6-2(5)1-4/h1,4H2. The minimum Gasteiger partial charge on any atom is -0.321 e.